The number of benzene rings is 1. The Morgan fingerprint density at radius 3 is 2.52 bits per heavy atom. The number of nitrogens with zero attached hydrogens (tertiary/aromatic N) is 3. The number of anilines is 4. The fourth-order valence-electron chi connectivity index (χ4n) is 5.08. The molecule has 2 unspecified atom stereocenters. The molecule has 2 aliphatic rings. The van der Waals surface area contributed by atoms with Gasteiger partial charge in [-0.1, -0.05) is 45.4 Å². The third-order valence-electron chi connectivity index (χ3n) is 7.95. The Bertz CT molecular complexity index is 1300. The molecule has 1 fully saturated rings. The van der Waals surface area contributed by atoms with Gasteiger partial charge < -0.3 is 26.2 Å². The van der Waals surface area contributed by atoms with Crippen molar-refractivity contribution in [2.45, 2.75) is 65.8 Å². The molecule has 0 saturated heterocycles. The molecular weight excluding hydrogens is 502 g/mol. The minimum atomic E-state index is -0.367. The van der Waals surface area contributed by atoms with E-state index in [0.717, 1.165) is 42.7 Å². The first-order chi connectivity index (χ1) is 19.3. The molecule has 9 nitrogen and oxygen atoms in total. The maximum Gasteiger partial charge on any atom is 0.273 e. The molecule has 1 aromatic heterocycles. The fourth-order valence-corrected chi connectivity index (χ4v) is 5.08. The van der Waals surface area contributed by atoms with E-state index in [1.54, 1.807) is 13.1 Å². The second-order valence-electron chi connectivity index (χ2n) is 10.9. The SMILES string of the molecule is CCC(C)CC(CC)N1C=C(c2cccc(Nc3cc(NC(=O)C4CC4)nnc3C(=O)NC)c2NC)C(C)=CC1. The number of nitrogens with one attached hydrogen (secondary N) is 4. The Kier molecular flexibility index (Phi) is 9.45. The topological polar surface area (TPSA) is 111 Å². The number of hydrogen-bond acceptors (Lipinski definition) is 7. The van der Waals surface area contributed by atoms with E-state index in [0.29, 0.717) is 23.5 Å². The average molecular weight is 546 g/mol. The number of para-hydroxylation sites is 1. The van der Waals surface area contributed by atoms with Gasteiger partial charge in [0.1, 0.15) is 0 Å². The number of carbonyl (C=O) groups excluding carboxylic acids is 2. The van der Waals surface area contributed by atoms with Crippen molar-refractivity contribution in [1.82, 2.24) is 20.4 Å². The third kappa shape index (κ3) is 6.63. The Balaban J connectivity index is 1.69. The summed E-state index contributed by atoms with van der Waals surface area (Å²) in [6.45, 7) is 9.92. The van der Waals surface area contributed by atoms with Crippen molar-refractivity contribution < 1.29 is 9.59 Å². The molecule has 214 valence electrons. The van der Waals surface area contributed by atoms with Crippen molar-refractivity contribution in [2.24, 2.45) is 11.8 Å². The third-order valence-corrected chi connectivity index (χ3v) is 7.95. The highest BCUT2D eigenvalue weighted by Crippen LogP contribution is 2.38. The Morgan fingerprint density at radius 1 is 1.10 bits per heavy atom. The molecule has 1 saturated carbocycles. The first-order valence-corrected chi connectivity index (χ1v) is 14.4. The molecular formula is C31H43N7O2. The van der Waals surface area contributed by atoms with Gasteiger partial charge in [-0.05, 0) is 50.2 Å². The van der Waals surface area contributed by atoms with E-state index in [-0.39, 0.29) is 23.4 Å². The molecule has 2 atom stereocenters. The number of amides is 2. The number of aromatic nitrogens is 2. The van der Waals surface area contributed by atoms with Gasteiger partial charge in [0.15, 0.2) is 11.5 Å². The van der Waals surface area contributed by atoms with Gasteiger partial charge in [-0.15, -0.1) is 10.2 Å². The van der Waals surface area contributed by atoms with Gasteiger partial charge in [-0.2, -0.15) is 0 Å². The number of allylic oxidation sites excluding steroid dienone is 2. The molecule has 1 aliphatic heterocycles. The molecule has 40 heavy (non-hydrogen) atoms. The Hall–Kier alpha value is -3.88. The molecule has 1 aliphatic carbocycles. The minimum absolute atomic E-state index is 0.0292. The zero-order valence-corrected chi connectivity index (χ0v) is 24.6. The van der Waals surface area contributed by atoms with Crippen LogP contribution in [0.4, 0.5) is 22.9 Å². The van der Waals surface area contributed by atoms with Crippen molar-refractivity contribution in [3.63, 3.8) is 0 Å². The second kappa shape index (κ2) is 13.0. The molecule has 0 radical (unpaired) electrons. The fraction of sp³-hybridized carbons (Fsp3) is 0.484. The highest BCUT2D eigenvalue weighted by molar-refractivity contribution is 6.01. The Morgan fingerprint density at radius 2 is 1.88 bits per heavy atom. The molecule has 1 aromatic carbocycles. The lowest BCUT2D eigenvalue weighted by Crippen LogP contribution is -2.34. The average Bonchev–Trinajstić information content (AvgIpc) is 3.82. The van der Waals surface area contributed by atoms with Gasteiger partial charge in [-0.25, -0.2) is 0 Å². The Labute approximate surface area is 237 Å². The van der Waals surface area contributed by atoms with E-state index in [1.807, 2.05) is 19.2 Å². The predicted molar refractivity (Wildman–Crippen MR) is 163 cm³/mol. The van der Waals surface area contributed by atoms with Crippen LogP contribution in [0, 0.1) is 11.8 Å². The maximum absolute atomic E-state index is 12.6. The van der Waals surface area contributed by atoms with Gasteiger partial charge in [-0.3, -0.25) is 9.59 Å². The summed E-state index contributed by atoms with van der Waals surface area (Å²) < 4.78 is 0. The van der Waals surface area contributed by atoms with Crippen molar-refractivity contribution >= 4 is 40.3 Å². The van der Waals surface area contributed by atoms with Gasteiger partial charge in [0.05, 0.1) is 17.1 Å². The summed E-state index contributed by atoms with van der Waals surface area (Å²) in [6, 6.07) is 8.23. The van der Waals surface area contributed by atoms with E-state index >= 15 is 0 Å². The lowest BCUT2D eigenvalue weighted by Gasteiger charge is -2.35. The van der Waals surface area contributed by atoms with Crippen molar-refractivity contribution in [2.75, 3.05) is 36.6 Å². The predicted octanol–water partition coefficient (Wildman–Crippen LogP) is 5.79. The second-order valence-corrected chi connectivity index (χ2v) is 10.9. The summed E-state index contributed by atoms with van der Waals surface area (Å²) in [6.07, 6.45) is 9.83. The van der Waals surface area contributed by atoms with Crippen LogP contribution in [-0.4, -0.2) is 53.6 Å². The summed E-state index contributed by atoms with van der Waals surface area (Å²) in [7, 11) is 3.45. The molecule has 0 spiro atoms. The molecule has 4 N–H and O–H groups in total. The summed E-state index contributed by atoms with van der Waals surface area (Å²) in [4.78, 5) is 27.4. The quantitative estimate of drug-likeness (QED) is 0.267. The molecule has 2 aromatic rings. The highest BCUT2D eigenvalue weighted by atomic mass is 16.2. The molecule has 0 bridgehead atoms. The van der Waals surface area contributed by atoms with E-state index in [4.69, 9.17) is 0 Å². The smallest absolute Gasteiger partial charge is 0.273 e. The zero-order valence-electron chi connectivity index (χ0n) is 24.6. The van der Waals surface area contributed by atoms with Gasteiger partial charge in [0, 0.05) is 56.0 Å². The molecule has 4 rings (SSSR count). The van der Waals surface area contributed by atoms with Crippen LogP contribution in [0.1, 0.15) is 75.9 Å². The summed E-state index contributed by atoms with van der Waals surface area (Å²) in [5.74, 6) is 0.581. The highest BCUT2D eigenvalue weighted by Gasteiger charge is 2.30. The maximum atomic E-state index is 12.6. The van der Waals surface area contributed by atoms with Gasteiger partial charge in [0.25, 0.3) is 5.91 Å². The van der Waals surface area contributed by atoms with Crippen LogP contribution in [0.5, 0.6) is 0 Å². The van der Waals surface area contributed by atoms with Crippen molar-refractivity contribution in [1.29, 1.82) is 0 Å². The van der Waals surface area contributed by atoms with Crippen molar-refractivity contribution in [3.05, 3.63) is 53.4 Å². The first kappa shape index (κ1) is 29.1. The first-order valence-electron chi connectivity index (χ1n) is 14.4. The van der Waals surface area contributed by atoms with E-state index < -0.39 is 0 Å². The zero-order chi connectivity index (χ0) is 28.8. The van der Waals surface area contributed by atoms with Crippen LogP contribution >= 0.6 is 0 Å². The lowest BCUT2D eigenvalue weighted by atomic mass is 9.92. The van der Waals surface area contributed by atoms with Crippen LogP contribution in [0.25, 0.3) is 5.57 Å². The molecule has 9 heteroatoms. The molecule has 2 amide bonds. The van der Waals surface area contributed by atoms with E-state index in [1.165, 1.54) is 24.0 Å². The lowest BCUT2D eigenvalue weighted by molar-refractivity contribution is -0.117. The summed E-state index contributed by atoms with van der Waals surface area (Å²) in [5.41, 5.74) is 5.75. The normalized spacial score (nSPS) is 16.4. The van der Waals surface area contributed by atoms with Crippen LogP contribution < -0.4 is 21.3 Å². The monoisotopic (exact) mass is 545 g/mol. The van der Waals surface area contributed by atoms with Crippen LogP contribution in [0.2, 0.25) is 0 Å². The van der Waals surface area contributed by atoms with Crippen LogP contribution in [-0.2, 0) is 4.79 Å². The summed E-state index contributed by atoms with van der Waals surface area (Å²) >= 11 is 0. The largest absolute Gasteiger partial charge is 0.386 e. The van der Waals surface area contributed by atoms with Gasteiger partial charge >= 0.3 is 0 Å². The van der Waals surface area contributed by atoms with Crippen LogP contribution in [0.15, 0.2) is 42.1 Å². The van der Waals surface area contributed by atoms with Gasteiger partial charge in [0.2, 0.25) is 5.91 Å². The van der Waals surface area contributed by atoms with Crippen molar-refractivity contribution in [3.8, 4) is 0 Å². The number of rotatable bonds is 12. The molecule has 2 heterocycles. The standard InChI is InChI=1S/C31H43N7O2/c1-7-19(3)16-22(8-2)38-15-14-20(4)24(18-38)23-10-9-11-25(28(23)32-5)34-26-17-27(35-30(39)21-12-13-21)36-37-29(26)31(40)33-6/h9-11,14,17-19,21-22,32H,7-8,12-13,15-16H2,1-6H3,(H,33,40)(H2,34,35,36,39). The number of carbonyl (C=O) groups is 2. The van der Waals surface area contributed by atoms with Crippen LogP contribution in [0.3, 0.4) is 0 Å². The van der Waals surface area contributed by atoms with E-state index in [9.17, 15) is 9.59 Å². The van der Waals surface area contributed by atoms with E-state index in [2.05, 4.69) is 82.4 Å². The summed E-state index contributed by atoms with van der Waals surface area (Å²) in [5, 5.41) is 20.5. The minimum Gasteiger partial charge on any atom is -0.386 e. The number of hydrogen-bond donors (Lipinski definition) is 4.